The number of anilines is 1. The van der Waals surface area contributed by atoms with Crippen LogP contribution in [0.5, 0.6) is 0 Å². The molecule has 0 bridgehead atoms. The van der Waals surface area contributed by atoms with Crippen molar-refractivity contribution in [2.75, 3.05) is 18.4 Å². The van der Waals surface area contributed by atoms with Gasteiger partial charge in [-0.05, 0) is 44.0 Å². The van der Waals surface area contributed by atoms with Crippen LogP contribution in [0.2, 0.25) is 5.15 Å². The van der Waals surface area contributed by atoms with E-state index in [1.54, 1.807) is 16.5 Å². The molecule has 1 unspecified atom stereocenters. The Labute approximate surface area is 180 Å². The van der Waals surface area contributed by atoms with E-state index in [0.29, 0.717) is 29.5 Å². The summed E-state index contributed by atoms with van der Waals surface area (Å²) in [6.07, 6.45) is 1.51. The van der Waals surface area contributed by atoms with Crippen molar-refractivity contribution >= 4 is 29.1 Å². The van der Waals surface area contributed by atoms with E-state index in [0.717, 1.165) is 24.2 Å². The van der Waals surface area contributed by atoms with Crippen LogP contribution >= 0.6 is 11.6 Å². The monoisotopic (exact) mass is 422 g/mol. The lowest BCUT2D eigenvalue weighted by Gasteiger charge is -2.32. The second-order valence-corrected chi connectivity index (χ2v) is 7.80. The van der Waals surface area contributed by atoms with Gasteiger partial charge in [-0.25, -0.2) is 4.68 Å². The minimum absolute atomic E-state index is 0.0681. The number of halogens is 1. The van der Waals surface area contributed by atoms with Gasteiger partial charge in [0.25, 0.3) is 5.91 Å². The molecule has 154 valence electrons. The van der Waals surface area contributed by atoms with Crippen LogP contribution in [0.3, 0.4) is 0 Å². The number of piperidine rings is 1. The third-order valence-electron chi connectivity index (χ3n) is 5.34. The number of benzene rings is 2. The molecule has 7 heteroatoms. The Morgan fingerprint density at radius 3 is 2.43 bits per heavy atom. The number of carbonyl (C=O) groups is 2. The molecule has 0 saturated carbocycles. The summed E-state index contributed by atoms with van der Waals surface area (Å²) in [5.74, 6) is -0.510. The topological polar surface area (TPSA) is 67.2 Å². The van der Waals surface area contributed by atoms with Crippen molar-refractivity contribution in [2.24, 2.45) is 5.92 Å². The molecule has 0 aliphatic carbocycles. The number of aryl methyl sites for hydroxylation is 1. The molecule has 1 aliphatic heterocycles. The van der Waals surface area contributed by atoms with Crippen molar-refractivity contribution in [3.8, 4) is 5.69 Å². The predicted molar refractivity (Wildman–Crippen MR) is 117 cm³/mol. The van der Waals surface area contributed by atoms with E-state index >= 15 is 0 Å². The Morgan fingerprint density at radius 2 is 1.73 bits per heavy atom. The lowest BCUT2D eigenvalue weighted by atomic mass is 9.96. The molecule has 1 fully saturated rings. The van der Waals surface area contributed by atoms with Gasteiger partial charge in [0.15, 0.2) is 0 Å². The van der Waals surface area contributed by atoms with Gasteiger partial charge in [-0.15, -0.1) is 0 Å². The summed E-state index contributed by atoms with van der Waals surface area (Å²) in [4.78, 5) is 27.7. The van der Waals surface area contributed by atoms with Gasteiger partial charge >= 0.3 is 0 Å². The fraction of sp³-hybridized carbons (Fsp3) is 0.261. The quantitative estimate of drug-likeness (QED) is 0.680. The zero-order chi connectivity index (χ0) is 21.1. The van der Waals surface area contributed by atoms with E-state index in [1.165, 1.54) is 0 Å². The number of nitrogens with zero attached hydrogens (tertiary/aromatic N) is 3. The number of hydrogen-bond donors (Lipinski definition) is 1. The molecule has 1 aromatic heterocycles. The summed E-state index contributed by atoms with van der Waals surface area (Å²) in [5, 5.41) is 7.70. The summed E-state index contributed by atoms with van der Waals surface area (Å²) in [7, 11) is 0. The van der Waals surface area contributed by atoms with Crippen LogP contribution in [0, 0.1) is 12.8 Å². The van der Waals surface area contributed by atoms with Crippen molar-refractivity contribution in [3.05, 3.63) is 77.1 Å². The smallest absolute Gasteiger partial charge is 0.258 e. The molecule has 1 N–H and O–H groups in total. The average molecular weight is 423 g/mol. The van der Waals surface area contributed by atoms with Gasteiger partial charge < -0.3 is 10.2 Å². The van der Waals surface area contributed by atoms with Crippen molar-refractivity contribution < 1.29 is 9.59 Å². The first-order chi connectivity index (χ1) is 14.5. The third kappa shape index (κ3) is 4.09. The van der Waals surface area contributed by atoms with E-state index in [-0.39, 0.29) is 17.7 Å². The van der Waals surface area contributed by atoms with Crippen LogP contribution < -0.4 is 5.32 Å². The number of rotatable bonds is 4. The van der Waals surface area contributed by atoms with Crippen molar-refractivity contribution in [2.45, 2.75) is 19.8 Å². The molecule has 1 saturated heterocycles. The van der Waals surface area contributed by atoms with E-state index in [4.69, 9.17) is 11.6 Å². The number of amides is 2. The molecule has 30 heavy (non-hydrogen) atoms. The molecule has 0 radical (unpaired) electrons. The van der Waals surface area contributed by atoms with Gasteiger partial charge in [-0.3, -0.25) is 9.59 Å². The highest BCUT2D eigenvalue weighted by Gasteiger charge is 2.32. The molecule has 1 atom stereocenters. The summed E-state index contributed by atoms with van der Waals surface area (Å²) in [6.45, 7) is 2.74. The molecule has 2 aromatic carbocycles. The molecule has 6 nitrogen and oxygen atoms in total. The maximum atomic E-state index is 13.3. The van der Waals surface area contributed by atoms with Crippen molar-refractivity contribution in [1.82, 2.24) is 14.7 Å². The summed E-state index contributed by atoms with van der Waals surface area (Å²) in [5.41, 5.74) is 2.52. The number of para-hydroxylation sites is 2. The van der Waals surface area contributed by atoms with Gasteiger partial charge in [-0.1, -0.05) is 48.0 Å². The van der Waals surface area contributed by atoms with Gasteiger partial charge in [0.1, 0.15) is 5.15 Å². The summed E-state index contributed by atoms with van der Waals surface area (Å²) >= 11 is 6.56. The first kappa shape index (κ1) is 20.2. The van der Waals surface area contributed by atoms with E-state index in [1.807, 2.05) is 60.7 Å². The average Bonchev–Trinajstić information content (AvgIpc) is 3.08. The van der Waals surface area contributed by atoms with Gasteiger partial charge in [-0.2, -0.15) is 5.10 Å². The number of nitrogens with one attached hydrogen (secondary N) is 1. The van der Waals surface area contributed by atoms with E-state index < -0.39 is 0 Å². The van der Waals surface area contributed by atoms with Crippen LogP contribution in [0.25, 0.3) is 5.69 Å². The lowest BCUT2D eigenvalue weighted by molar-refractivity contribution is -0.121. The molecule has 0 spiro atoms. The predicted octanol–water partition coefficient (Wildman–Crippen LogP) is 4.33. The number of carbonyl (C=O) groups excluding carboxylic acids is 2. The molecule has 4 rings (SSSR count). The number of likely N-dealkylation sites (tertiary alicyclic amines) is 1. The zero-order valence-electron chi connectivity index (χ0n) is 16.7. The van der Waals surface area contributed by atoms with Crippen LogP contribution in [-0.4, -0.2) is 39.6 Å². The first-order valence-electron chi connectivity index (χ1n) is 10.0. The highest BCUT2D eigenvalue weighted by atomic mass is 35.5. The SMILES string of the molecule is Cc1nn(-c2ccccc2)c(Cl)c1C(=O)N1CCCC(C(=O)Nc2ccccc2)C1. The fourth-order valence-electron chi connectivity index (χ4n) is 3.78. The Balaban J connectivity index is 1.51. The second-order valence-electron chi connectivity index (χ2n) is 7.44. The van der Waals surface area contributed by atoms with Gasteiger partial charge in [0.2, 0.25) is 5.91 Å². The first-order valence-corrected chi connectivity index (χ1v) is 10.4. The maximum Gasteiger partial charge on any atom is 0.258 e. The normalized spacial score (nSPS) is 16.3. The minimum Gasteiger partial charge on any atom is -0.338 e. The Bertz CT molecular complexity index is 1050. The van der Waals surface area contributed by atoms with Gasteiger partial charge in [0, 0.05) is 18.8 Å². The third-order valence-corrected chi connectivity index (χ3v) is 5.69. The zero-order valence-corrected chi connectivity index (χ0v) is 17.5. The van der Waals surface area contributed by atoms with E-state index in [2.05, 4.69) is 10.4 Å². The molecule has 2 heterocycles. The second kappa shape index (κ2) is 8.71. The van der Waals surface area contributed by atoms with E-state index in [9.17, 15) is 9.59 Å². The van der Waals surface area contributed by atoms with Crippen LogP contribution in [-0.2, 0) is 4.79 Å². The van der Waals surface area contributed by atoms with Crippen molar-refractivity contribution in [3.63, 3.8) is 0 Å². The molecular weight excluding hydrogens is 400 g/mol. The Hall–Kier alpha value is -3.12. The molecule has 3 aromatic rings. The standard InChI is InChI=1S/C23H23ClN4O2/c1-16-20(21(24)28(26-16)19-12-6-3-7-13-19)23(30)27-14-8-9-17(15-27)22(29)25-18-10-4-2-5-11-18/h2-7,10-13,17H,8-9,14-15H2,1H3,(H,25,29). The fourth-order valence-corrected chi connectivity index (χ4v) is 4.13. The molecule has 1 aliphatic rings. The Kier molecular flexibility index (Phi) is 5.86. The molecular formula is C23H23ClN4O2. The number of hydrogen-bond acceptors (Lipinski definition) is 3. The lowest BCUT2D eigenvalue weighted by Crippen LogP contribution is -2.44. The van der Waals surface area contributed by atoms with Crippen molar-refractivity contribution in [1.29, 1.82) is 0 Å². The summed E-state index contributed by atoms with van der Waals surface area (Å²) in [6, 6.07) is 18.8. The Morgan fingerprint density at radius 1 is 1.07 bits per heavy atom. The van der Waals surface area contributed by atoms with Crippen LogP contribution in [0.1, 0.15) is 28.9 Å². The number of aromatic nitrogens is 2. The highest BCUT2D eigenvalue weighted by molar-refractivity contribution is 6.33. The highest BCUT2D eigenvalue weighted by Crippen LogP contribution is 2.27. The maximum absolute atomic E-state index is 13.3. The van der Waals surface area contributed by atoms with Gasteiger partial charge in [0.05, 0.1) is 22.9 Å². The van der Waals surface area contributed by atoms with Crippen LogP contribution in [0.4, 0.5) is 5.69 Å². The molecule has 2 amide bonds. The largest absolute Gasteiger partial charge is 0.338 e. The van der Waals surface area contributed by atoms with Crippen LogP contribution in [0.15, 0.2) is 60.7 Å². The summed E-state index contributed by atoms with van der Waals surface area (Å²) < 4.78 is 1.58. The minimum atomic E-state index is -0.258.